The van der Waals surface area contributed by atoms with Gasteiger partial charge >= 0.3 is 0 Å². The molecule has 30 heavy (non-hydrogen) atoms. The van der Waals surface area contributed by atoms with Crippen molar-refractivity contribution in [3.05, 3.63) is 71.3 Å². The fraction of sp³-hybridized carbons (Fsp3) is 0.320. The normalized spacial score (nSPS) is 18.8. The van der Waals surface area contributed by atoms with Gasteiger partial charge in [0.05, 0.1) is 19.0 Å². The average molecular weight is 399 g/mol. The van der Waals surface area contributed by atoms with Crippen molar-refractivity contribution in [3.63, 3.8) is 0 Å². The van der Waals surface area contributed by atoms with Gasteiger partial charge in [-0.15, -0.1) is 0 Å². The van der Waals surface area contributed by atoms with Crippen LogP contribution in [0.5, 0.6) is 5.75 Å². The van der Waals surface area contributed by atoms with Crippen LogP contribution in [0.15, 0.2) is 54.6 Å². The highest BCUT2D eigenvalue weighted by molar-refractivity contribution is 6.24. The molecule has 1 amide bonds. The summed E-state index contributed by atoms with van der Waals surface area (Å²) in [5.41, 5.74) is 4.59. The Kier molecular flexibility index (Phi) is 4.25. The predicted octanol–water partition coefficient (Wildman–Crippen LogP) is 3.51. The van der Waals surface area contributed by atoms with Gasteiger partial charge in [-0.3, -0.25) is 19.5 Å². The quantitative estimate of drug-likeness (QED) is 0.673. The summed E-state index contributed by atoms with van der Waals surface area (Å²) in [6.07, 6.45) is 1.02. The molecule has 1 fully saturated rings. The van der Waals surface area contributed by atoms with Crippen LogP contribution in [-0.4, -0.2) is 55.2 Å². The van der Waals surface area contributed by atoms with Gasteiger partial charge < -0.3 is 4.74 Å². The molecule has 5 nitrogen and oxygen atoms in total. The van der Waals surface area contributed by atoms with Crippen LogP contribution in [0.1, 0.15) is 21.5 Å². The van der Waals surface area contributed by atoms with Crippen LogP contribution in [0, 0.1) is 0 Å². The third-order valence-corrected chi connectivity index (χ3v) is 6.62. The monoisotopic (exact) mass is 399 g/mol. The lowest BCUT2D eigenvalue weighted by Gasteiger charge is -2.36. The van der Waals surface area contributed by atoms with E-state index in [9.17, 15) is 4.79 Å². The van der Waals surface area contributed by atoms with Crippen LogP contribution in [-0.2, 0) is 13.0 Å². The first-order chi connectivity index (χ1) is 14.8. The largest absolute Gasteiger partial charge is 0.493 e. The average Bonchev–Trinajstić information content (AvgIpc) is 3.35. The zero-order valence-corrected chi connectivity index (χ0v) is 17.0. The van der Waals surface area contributed by atoms with Gasteiger partial charge in [0, 0.05) is 50.1 Å². The van der Waals surface area contributed by atoms with E-state index in [0.717, 1.165) is 73.5 Å². The third kappa shape index (κ3) is 2.97. The topological polar surface area (TPSA) is 36.0 Å². The van der Waals surface area contributed by atoms with Gasteiger partial charge in [0.2, 0.25) is 0 Å². The maximum atomic E-state index is 13.0. The van der Waals surface area contributed by atoms with E-state index in [1.807, 2.05) is 23.1 Å². The number of amides is 1. The number of carbonyl (C=O) groups excluding carboxylic acids is 1. The first-order valence-corrected chi connectivity index (χ1v) is 10.8. The number of rotatable bonds is 4. The molecular weight excluding hydrogens is 374 g/mol. The highest BCUT2D eigenvalue weighted by Crippen LogP contribution is 2.37. The van der Waals surface area contributed by atoms with Crippen molar-refractivity contribution >= 4 is 22.4 Å². The zero-order valence-electron chi connectivity index (χ0n) is 17.0. The van der Waals surface area contributed by atoms with Crippen molar-refractivity contribution in [2.75, 3.05) is 44.4 Å². The van der Waals surface area contributed by atoms with Crippen molar-refractivity contribution in [2.24, 2.45) is 0 Å². The molecule has 5 heteroatoms. The number of nitrogens with zero attached hydrogens (tertiary/aromatic N) is 3. The van der Waals surface area contributed by atoms with Gasteiger partial charge in [0.15, 0.2) is 0 Å². The maximum absolute atomic E-state index is 13.0. The van der Waals surface area contributed by atoms with Gasteiger partial charge in [-0.2, -0.15) is 0 Å². The Morgan fingerprint density at radius 2 is 1.70 bits per heavy atom. The summed E-state index contributed by atoms with van der Waals surface area (Å²) in [6, 6.07) is 18.8. The minimum atomic E-state index is 0.129. The Morgan fingerprint density at radius 3 is 2.57 bits per heavy atom. The Hall–Kier alpha value is -2.89. The molecule has 0 radical (unpaired) electrons. The summed E-state index contributed by atoms with van der Waals surface area (Å²) in [6.45, 7) is 6.45. The summed E-state index contributed by atoms with van der Waals surface area (Å²) in [5.74, 6) is 1.18. The number of hydrogen-bond acceptors (Lipinski definition) is 4. The van der Waals surface area contributed by atoms with Crippen LogP contribution in [0.2, 0.25) is 0 Å². The molecule has 0 atom stereocenters. The Bertz CT molecular complexity index is 1130. The molecule has 3 aliphatic rings. The summed E-state index contributed by atoms with van der Waals surface area (Å²) in [5, 5.41) is 2.25. The summed E-state index contributed by atoms with van der Waals surface area (Å²) < 4.78 is 5.62. The number of anilines is 1. The lowest BCUT2D eigenvalue weighted by molar-refractivity contribution is 0.0934. The second-order valence-corrected chi connectivity index (χ2v) is 8.49. The zero-order chi connectivity index (χ0) is 20.1. The van der Waals surface area contributed by atoms with Gasteiger partial charge in [-0.05, 0) is 34.7 Å². The van der Waals surface area contributed by atoms with E-state index in [0.29, 0.717) is 6.67 Å². The highest BCUT2D eigenvalue weighted by Gasteiger charge is 2.31. The minimum Gasteiger partial charge on any atom is -0.493 e. The second-order valence-electron chi connectivity index (χ2n) is 8.49. The minimum absolute atomic E-state index is 0.129. The number of carbonyl (C=O) groups is 1. The van der Waals surface area contributed by atoms with E-state index in [-0.39, 0.29) is 5.91 Å². The van der Waals surface area contributed by atoms with E-state index in [4.69, 9.17) is 4.74 Å². The fourth-order valence-corrected chi connectivity index (χ4v) is 5.00. The summed E-state index contributed by atoms with van der Waals surface area (Å²) >= 11 is 0. The molecule has 0 unspecified atom stereocenters. The molecule has 6 rings (SSSR count). The van der Waals surface area contributed by atoms with E-state index in [2.05, 4.69) is 46.2 Å². The molecule has 3 aromatic rings. The molecular formula is C25H25N3O2. The number of benzene rings is 3. The van der Waals surface area contributed by atoms with Crippen molar-refractivity contribution < 1.29 is 9.53 Å². The van der Waals surface area contributed by atoms with Crippen LogP contribution in [0.4, 0.5) is 5.69 Å². The maximum Gasteiger partial charge on any atom is 0.260 e. The first-order valence-electron chi connectivity index (χ1n) is 10.8. The molecule has 0 aromatic heterocycles. The molecule has 1 saturated heterocycles. The Balaban J connectivity index is 1.11. The molecule has 3 aliphatic heterocycles. The SMILES string of the molecule is O=C1c2cccc3cccc(c23)N1CN1CCN(Cc2ccc3c(c2)CCO3)CC1. The molecule has 0 spiro atoms. The van der Waals surface area contributed by atoms with Crippen molar-refractivity contribution in [2.45, 2.75) is 13.0 Å². The lowest BCUT2D eigenvalue weighted by atomic mass is 10.1. The molecule has 3 aromatic carbocycles. The third-order valence-electron chi connectivity index (χ3n) is 6.62. The number of piperazine rings is 1. The molecule has 152 valence electrons. The molecule has 0 N–H and O–H groups in total. The first kappa shape index (κ1) is 17.9. The van der Waals surface area contributed by atoms with Gasteiger partial charge in [-0.25, -0.2) is 0 Å². The Morgan fingerprint density at radius 1 is 0.900 bits per heavy atom. The van der Waals surface area contributed by atoms with E-state index in [1.165, 1.54) is 11.1 Å². The van der Waals surface area contributed by atoms with Crippen LogP contribution >= 0.6 is 0 Å². The van der Waals surface area contributed by atoms with Crippen molar-refractivity contribution in [1.29, 1.82) is 0 Å². The highest BCUT2D eigenvalue weighted by atomic mass is 16.5. The van der Waals surface area contributed by atoms with E-state index >= 15 is 0 Å². The summed E-state index contributed by atoms with van der Waals surface area (Å²) in [7, 11) is 0. The van der Waals surface area contributed by atoms with E-state index in [1.54, 1.807) is 0 Å². The molecule has 0 aliphatic carbocycles. The number of ether oxygens (including phenoxy) is 1. The smallest absolute Gasteiger partial charge is 0.260 e. The summed E-state index contributed by atoms with van der Waals surface area (Å²) in [4.78, 5) is 19.9. The molecule has 3 heterocycles. The second kappa shape index (κ2) is 7.11. The lowest BCUT2D eigenvalue weighted by Crippen LogP contribution is -2.50. The molecule has 0 saturated carbocycles. The Labute approximate surface area is 176 Å². The molecule has 0 bridgehead atoms. The van der Waals surface area contributed by atoms with E-state index < -0.39 is 0 Å². The van der Waals surface area contributed by atoms with Gasteiger partial charge in [0.1, 0.15) is 5.75 Å². The van der Waals surface area contributed by atoms with Crippen molar-refractivity contribution in [3.8, 4) is 5.75 Å². The van der Waals surface area contributed by atoms with Gasteiger partial charge in [0.25, 0.3) is 5.91 Å². The van der Waals surface area contributed by atoms with Crippen LogP contribution < -0.4 is 9.64 Å². The van der Waals surface area contributed by atoms with Crippen LogP contribution in [0.3, 0.4) is 0 Å². The standard InChI is InChI=1S/C25H25N3O2/c29-25-21-5-1-3-19-4-2-6-22(24(19)21)28(25)17-27-12-10-26(11-13-27)16-18-7-8-23-20(15-18)9-14-30-23/h1-8,15H,9-14,16-17H2. The predicted molar refractivity (Wildman–Crippen MR) is 118 cm³/mol. The fourth-order valence-electron chi connectivity index (χ4n) is 5.00. The number of fused-ring (bicyclic) bond motifs is 1. The van der Waals surface area contributed by atoms with Gasteiger partial charge in [-0.1, -0.05) is 36.4 Å². The van der Waals surface area contributed by atoms with Crippen molar-refractivity contribution in [1.82, 2.24) is 9.80 Å². The number of hydrogen-bond donors (Lipinski definition) is 0. The van der Waals surface area contributed by atoms with Crippen LogP contribution in [0.25, 0.3) is 10.8 Å².